The molecule has 1 saturated carbocycles. The molecule has 2 unspecified atom stereocenters. The fraction of sp³-hybridized carbons (Fsp3) is 1.00. The van der Waals surface area contributed by atoms with Crippen LogP contribution >= 0.6 is 0 Å². The van der Waals surface area contributed by atoms with E-state index in [9.17, 15) is 5.11 Å². The molecule has 1 saturated heterocycles. The minimum absolute atomic E-state index is 0.105. The van der Waals surface area contributed by atoms with E-state index in [1.54, 1.807) is 0 Å². The summed E-state index contributed by atoms with van der Waals surface area (Å²) in [7, 11) is 0. The minimum atomic E-state index is -0.105. The predicted octanol–water partition coefficient (Wildman–Crippen LogP) is 2.89. The first-order chi connectivity index (χ1) is 7.36. The molecule has 0 aromatic carbocycles. The Balaban J connectivity index is 1.74. The monoisotopic (exact) mass is 212 g/mol. The van der Waals surface area contributed by atoms with E-state index in [1.807, 2.05) is 0 Å². The molecule has 1 N–H and O–H groups in total. The van der Waals surface area contributed by atoms with Gasteiger partial charge in [-0.15, -0.1) is 0 Å². The molecule has 2 heteroatoms. The first-order valence-electron chi connectivity index (χ1n) is 6.66. The first-order valence-corrected chi connectivity index (χ1v) is 6.66. The van der Waals surface area contributed by atoms with Crippen LogP contribution in [0.4, 0.5) is 0 Å². The summed E-state index contributed by atoms with van der Waals surface area (Å²) in [4.78, 5) is 0. The van der Waals surface area contributed by atoms with Crippen molar-refractivity contribution in [1.29, 1.82) is 0 Å². The fourth-order valence-electron chi connectivity index (χ4n) is 2.99. The smallest absolute Gasteiger partial charge is 0.0600 e. The van der Waals surface area contributed by atoms with Gasteiger partial charge in [0.2, 0.25) is 0 Å². The minimum Gasteiger partial charge on any atom is -0.393 e. The summed E-state index contributed by atoms with van der Waals surface area (Å²) < 4.78 is 5.59. The molecule has 2 fully saturated rings. The van der Waals surface area contributed by atoms with Gasteiger partial charge in [0.05, 0.1) is 12.2 Å². The van der Waals surface area contributed by atoms with Gasteiger partial charge >= 0.3 is 0 Å². The van der Waals surface area contributed by atoms with E-state index in [4.69, 9.17) is 4.74 Å². The molecule has 0 amide bonds. The maximum atomic E-state index is 10.2. The average molecular weight is 212 g/mol. The lowest BCUT2D eigenvalue weighted by molar-refractivity contribution is 0.0234. The zero-order chi connectivity index (χ0) is 10.5. The molecular weight excluding hydrogens is 188 g/mol. The largest absolute Gasteiger partial charge is 0.393 e. The first kappa shape index (κ1) is 11.4. The Hall–Kier alpha value is -0.0800. The molecule has 0 spiro atoms. The molecule has 2 atom stereocenters. The standard InChI is InChI=1S/C13H24O2/c14-13(10-12-8-5-9-15-12)11-6-3-1-2-4-7-11/h11-14H,1-10H2. The zero-order valence-corrected chi connectivity index (χ0v) is 9.66. The zero-order valence-electron chi connectivity index (χ0n) is 9.66. The summed E-state index contributed by atoms with van der Waals surface area (Å²) in [5, 5.41) is 10.2. The predicted molar refractivity (Wildman–Crippen MR) is 60.8 cm³/mol. The van der Waals surface area contributed by atoms with E-state index >= 15 is 0 Å². The Labute approximate surface area is 93.0 Å². The number of hydrogen-bond donors (Lipinski definition) is 1. The van der Waals surface area contributed by atoms with Gasteiger partial charge < -0.3 is 9.84 Å². The molecule has 2 nitrogen and oxygen atoms in total. The van der Waals surface area contributed by atoms with E-state index in [1.165, 1.54) is 44.9 Å². The maximum absolute atomic E-state index is 10.2. The molecule has 0 aromatic heterocycles. The summed E-state index contributed by atoms with van der Waals surface area (Å²) in [6.45, 7) is 0.905. The summed E-state index contributed by atoms with van der Waals surface area (Å²) in [5.41, 5.74) is 0. The van der Waals surface area contributed by atoms with E-state index < -0.39 is 0 Å². The third-order valence-electron chi connectivity index (χ3n) is 3.97. The van der Waals surface area contributed by atoms with E-state index in [0.29, 0.717) is 12.0 Å². The molecule has 1 heterocycles. The highest BCUT2D eigenvalue weighted by Gasteiger charge is 2.25. The van der Waals surface area contributed by atoms with Crippen LogP contribution in [0.25, 0.3) is 0 Å². The van der Waals surface area contributed by atoms with Crippen LogP contribution in [0.5, 0.6) is 0 Å². The van der Waals surface area contributed by atoms with E-state index in [-0.39, 0.29) is 6.10 Å². The maximum Gasteiger partial charge on any atom is 0.0600 e. The fourth-order valence-corrected chi connectivity index (χ4v) is 2.99. The molecular formula is C13H24O2. The molecule has 1 aliphatic heterocycles. The van der Waals surface area contributed by atoms with Crippen LogP contribution in [-0.2, 0) is 4.74 Å². The molecule has 0 aromatic rings. The Morgan fingerprint density at radius 2 is 1.73 bits per heavy atom. The number of rotatable bonds is 3. The number of aliphatic hydroxyl groups is 1. The highest BCUT2D eigenvalue weighted by atomic mass is 16.5. The molecule has 15 heavy (non-hydrogen) atoms. The van der Waals surface area contributed by atoms with Crippen molar-refractivity contribution >= 4 is 0 Å². The number of hydrogen-bond acceptors (Lipinski definition) is 2. The highest BCUT2D eigenvalue weighted by molar-refractivity contribution is 4.77. The Morgan fingerprint density at radius 3 is 2.33 bits per heavy atom. The van der Waals surface area contributed by atoms with Crippen LogP contribution in [0.1, 0.15) is 57.8 Å². The highest BCUT2D eigenvalue weighted by Crippen LogP contribution is 2.29. The summed E-state index contributed by atoms with van der Waals surface area (Å²) in [6.07, 6.45) is 11.3. The lowest BCUT2D eigenvalue weighted by atomic mass is 9.90. The van der Waals surface area contributed by atoms with E-state index in [0.717, 1.165) is 19.4 Å². The van der Waals surface area contributed by atoms with Gasteiger partial charge in [-0.3, -0.25) is 0 Å². The van der Waals surface area contributed by atoms with E-state index in [2.05, 4.69) is 0 Å². The normalized spacial score (nSPS) is 31.4. The van der Waals surface area contributed by atoms with Gasteiger partial charge in [-0.1, -0.05) is 25.7 Å². The molecule has 88 valence electrons. The van der Waals surface area contributed by atoms with Gasteiger partial charge in [-0.2, -0.15) is 0 Å². The lowest BCUT2D eigenvalue weighted by Crippen LogP contribution is -2.25. The van der Waals surface area contributed by atoms with Crippen LogP contribution in [-0.4, -0.2) is 23.9 Å². The van der Waals surface area contributed by atoms with Crippen molar-refractivity contribution in [2.75, 3.05) is 6.61 Å². The van der Waals surface area contributed by atoms with Gasteiger partial charge in [-0.25, -0.2) is 0 Å². The summed E-state index contributed by atoms with van der Waals surface area (Å²) in [6, 6.07) is 0. The van der Waals surface area contributed by atoms with Crippen molar-refractivity contribution in [3.05, 3.63) is 0 Å². The summed E-state index contributed by atoms with van der Waals surface area (Å²) >= 11 is 0. The van der Waals surface area contributed by atoms with Gasteiger partial charge in [0.15, 0.2) is 0 Å². The second kappa shape index (κ2) is 5.86. The van der Waals surface area contributed by atoms with Gasteiger partial charge in [0.25, 0.3) is 0 Å². The molecule has 0 radical (unpaired) electrons. The van der Waals surface area contributed by atoms with Gasteiger partial charge in [0, 0.05) is 6.61 Å². The van der Waals surface area contributed by atoms with Gasteiger partial charge in [0.1, 0.15) is 0 Å². The Kier molecular flexibility index (Phi) is 4.45. The Morgan fingerprint density at radius 1 is 1.00 bits per heavy atom. The van der Waals surface area contributed by atoms with Crippen molar-refractivity contribution in [1.82, 2.24) is 0 Å². The van der Waals surface area contributed by atoms with Crippen LogP contribution in [0, 0.1) is 5.92 Å². The van der Waals surface area contributed by atoms with Gasteiger partial charge in [-0.05, 0) is 38.0 Å². The van der Waals surface area contributed by atoms with Crippen molar-refractivity contribution in [2.24, 2.45) is 5.92 Å². The van der Waals surface area contributed by atoms with Crippen LogP contribution < -0.4 is 0 Å². The Bertz CT molecular complexity index is 167. The number of ether oxygens (including phenoxy) is 1. The molecule has 2 rings (SSSR count). The van der Waals surface area contributed by atoms with Crippen LogP contribution in [0.2, 0.25) is 0 Å². The van der Waals surface area contributed by atoms with Crippen molar-refractivity contribution in [2.45, 2.75) is 70.0 Å². The second-order valence-corrected chi connectivity index (χ2v) is 5.19. The average Bonchev–Trinajstić information content (AvgIpc) is 2.58. The molecule has 2 aliphatic rings. The third-order valence-corrected chi connectivity index (χ3v) is 3.97. The molecule has 0 bridgehead atoms. The quantitative estimate of drug-likeness (QED) is 0.729. The summed E-state index contributed by atoms with van der Waals surface area (Å²) in [5.74, 6) is 0.552. The number of aliphatic hydroxyl groups excluding tert-OH is 1. The van der Waals surface area contributed by atoms with Crippen molar-refractivity contribution < 1.29 is 9.84 Å². The van der Waals surface area contributed by atoms with Crippen LogP contribution in [0.15, 0.2) is 0 Å². The topological polar surface area (TPSA) is 29.5 Å². The third kappa shape index (κ3) is 3.46. The van der Waals surface area contributed by atoms with Crippen LogP contribution in [0.3, 0.4) is 0 Å². The second-order valence-electron chi connectivity index (χ2n) is 5.19. The van der Waals surface area contributed by atoms with Crippen molar-refractivity contribution in [3.8, 4) is 0 Å². The van der Waals surface area contributed by atoms with Crippen molar-refractivity contribution in [3.63, 3.8) is 0 Å². The molecule has 1 aliphatic carbocycles. The lowest BCUT2D eigenvalue weighted by Gasteiger charge is -2.23. The SMILES string of the molecule is OC(CC1CCCO1)C1CCCCCC1.